The molecule has 0 spiro atoms. The minimum Gasteiger partial charge on any atom is -0.381 e. The first kappa shape index (κ1) is 11.8. The van der Waals surface area contributed by atoms with Crippen LogP contribution in [-0.2, 0) is 14.3 Å². The number of amides is 1. The second kappa shape index (κ2) is 5.61. The van der Waals surface area contributed by atoms with Crippen LogP contribution in [0.3, 0.4) is 0 Å². The van der Waals surface area contributed by atoms with Crippen molar-refractivity contribution >= 4 is 5.91 Å². The van der Waals surface area contributed by atoms with Crippen LogP contribution in [0.25, 0.3) is 0 Å². The highest BCUT2D eigenvalue weighted by Gasteiger charge is 2.27. The number of hydrogen-bond acceptors (Lipinski definition) is 4. The SMILES string of the molecule is NCC1CN(CC2CCOCC2)C(=O)CO1. The lowest BCUT2D eigenvalue weighted by atomic mass is 9.99. The molecule has 0 aliphatic carbocycles. The average molecular weight is 228 g/mol. The first-order valence-electron chi connectivity index (χ1n) is 5.96. The van der Waals surface area contributed by atoms with E-state index in [4.69, 9.17) is 15.2 Å². The molecule has 2 N–H and O–H groups in total. The lowest BCUT2D eigenvalue weighted by Gasteiger charge is -2.35. The van der Waals surface area contributed by atoms with Crippen molar-refractivity contribution in [1.82, 2.24) is 4.90 Å². The van der Waals surface area contributed by atoms with Crippen LogP contribution >= 0.6 is 0 Å². The van der Waals surface area contributed by atoms with Gasteiger partial charge in [0.2, 0.25) is 5.91 Å². The van der Waals surface area contributed by atoms with Crippen LogP contribution < -0.4 is 5.73 Å². The predicted molar refractivity (Wildman–Crippen MR) is 58.9 cm³/mol. The van der Waals surface area contributed by atoms with Gasteiger partial charge in [0.1, 0.15) is 6.61 Å². The average Bonchev–Trinajstić information content (AvgIpc) is 2.33. The standard InChI is InChI=1S/C11H20N2O3/c12-5-10-7-13(11(14)8-16-10)6-9-1-3-15-4-2-9/h9-10H,1-8,12H2. The molecule has 5 nitrogen and oxygen atoms in total. The first-order chi connectivity index (χ1) is 7.79. The maximum Gasteiger partial charge on any atom is 0.248 e. The largest absolute Gasteiger partial charge is 0.381 e. The summed E-state index contributed by atoms with van der Waals surface area (Å²) >= 11 is 0. The second-order valence-corrected chi connectivity index (χ2v) is 4.52. The summed E-state index contributed by atoms with van der Waals surface area (Å²) in [6.45, 7) is 3.80. The lowest BCUT2D eigenvalue weighted by molar-refractivity contribution is -0.149. The highest BCUT2D eigenvalue weighted by molar-refractivity contribution is 5.78. The van der Waals surface area contributed by atoms with Gasteiger partial charge in [0, 0.05) is 32.8 Å². The molecule has 0 radical (unpaired) electrons. The normalized spacial score (nSPS) is 28.4. The fourth-order valence-corrected chi connectivity index (χ4v) is 2.24. The van der Waals surface area contributed by atoms with Gasteiger partial charge in [-0.15, -0.1) is 0 Å². The molecule has 92 valence electrons. The monoisotopic (exact) mass is 228 g/mol. The van der Waals surface area contributed by atoms with Gasteiger partial charge in [0.05, 0.1) is 6.10 Å². The van der Waals surface area contributed by atoms with Gasteiger partial charge < -0.3 is 20.1 Å². The number of hydrogen-bond donors (Lipinski definition) is 1. The number of carbonyl (C=O) groups is 1. The summed E-state index contributed by atoms with van der Waals surface area (Å²) in [5, 5.41) is 0. The van der Waals surface area contributed by atoms with Crippen molar-refractivity contribution in [2.75, 3.05) is 39.5 Å². The zero-order valence-electron chi connectivity index (χ0n) is 9.56. The van der Waals surface area contributed by atoms with E-state index in [0.29, 0.717) is 19.0 Å². The lowest BCUT2D eigenvalue weighted by Crippen LogP contribution is -2.50. The van der Waals surface area contributed by atoms with Crippen molar-refractivity contribution < 1.29 is 14.3 Å². The van der Waals surface area contributed by atoms with Gasteiger partial charge in [-0.25, -0.2) is 0 Å². The molecule has 2 aliphatic heterocycles. The smallest absolute Gasteiger partial charge is 0.248 e. The third-order valence-electron chi connectivity index (χ3n) is 3.30. The zero-order valence-corrected chi connectivity index (χ0v) is 9.56. The molecular weight excluding hydrogens is 208 g/mol. The van der Waals surface area contributed by atoms with E-state index >= 15 is 0 Å². The van der Waals surface area contributed by atoms with Crippen LogP contribution in [0.5, 0.6) is 0 Å². The topological polar surface area (TPSA) is 64.8 Å². The molecule has 5 heteroatoms. The molecule has 0 aromatic heterocycles. The Morgan fingerprint density at radius 3 is 2.81 bits per heavy atom. The fourth-order valence-electron chi connectivity index (χ4n) is 2.24. The van der Waals surface area contributed by atoms with Crippen molar-refractivity contribution in [1.29, 1.82) is 0 Å². The van der Waals surface area contributed by atoms with Crippen LogP contribution in [0.4, 0.5) is 0 Å². The van der Waals surface area contributed by atoms with Gasteiger partial charge in [-0.1, -0.05) is 0 Å². The Balaban J connectivity index is 1.83. The molecule has 2 saturated heterocycles. The van der Waals surface area contributed by atoms with Crippen molar-refractivity contribution in [2.24, 2.45) is 11.7 Å². The Kier molecular flexibility index (Phi) is 4.15. The summed E-state index contributed by atoms with van der Waals surface area (Å²) in [6.07, 6.45) is 2.12. The predicted octanol–water partition coefficient (Wildman–Crippen LogP) is -0.401. The summed E-state index contributed by atoms with van der Waals surface area (Å²) in [7, 11) is 0. The molecule has 0 aromatic carbocycles. The van der Waals surface area contributed by atoms with Crippen LogP contribution in [0, 0.1) is 5.92 Å². The van der Waals surface area contributed by atoms with Crippen LogP contribution in [-0.4, -0.2) is 56.4 Å². The molecule has 0 aromatic rings. The molecule has 1 amide bonds. The number of nitrogens with zero attached hydrogens (tertiary/aromatic N) is 1. The molecule has 1 atom stereocenters. The van der Waals surface area contributed by atoms with Gasteiger partial charge in [0.25, 0.3) is 0 Å². The van der Waals surface area contributed by atoms with E-state index in [0.717, 1.165) is 32.6 Å². The molecule has 2 heterocycles. The third-order valence-corrected chi connectivity index (χ3v) is 3.30. The van der Waals surface area contributed by atoms with E-state index < -0.39 is 0 Å². The molecule has 16 heavy (non-hydrogen) atoms. The summed E-state index contributed by atoms with van der Waals surface area (Å²) < 4.78 is 10.6. The minimum atomic E-state index is 0.0116. The molecule has 0 bridgehead atoms. The van der Waals surface area contributed by atoms with Gasteiger partial charge >= 0.3 is 0 Å². The second-order valence-electron chi connectivity index (χ2n) is 4.52. The number of carbonyl (C=O) groups excluding carboxylic acids is 1. The first-order valence-corrected chi connectivity index (χ1v) is 5.96. The van der Waals surface area contributed by atoms with E-state index in [1.165, 1.54) is 0 Å². The number of rotatable bonds is 3. The third kappa shape index (κ3) is 2.93. The highest BCUT2D eigenvalue weighted by atomic mass is 16.5. The van der Waals surface area contributed by atoms with Crippen LogP contribution in [0.2, 0.25) is 0 Å². The molecular formula is C11H20N2O3. The Morgan fingerprint density at radius 1 is 1.38 bits per heavy atom. The number of morpholine rings is 1. The summed E-state index contributed by atoms with van der Waals surface area (Å²) in [5.41, 5.74) is 5.56. The Bertz CT molecular complexity index is 241. The zero-order chi connectivity index (χ0) is 11.4. The fraction of sp³-hybridized carbons (Fsp3) is 0.909. The van der Waals surface area contributed by atoms with Crippen LogP contribution in [0.15, 0.2) is 0 Å². The van der Waals surface area contributed by atoms with Crippen molar-refractivity contribution in [3.63, 3.8) is 0 Å². The number of nitrogens with two attached hydrogens (primary N) is 1. The van der Waals surface area contributed by atoms with E-state index in [-0.39, 0.29) is 18.6 Å². The summed E-state index contributed by atoms with van der Waals surface area (Å²) in [6, 6.07) is 0. The van der Waals surface area contributed by atoms with Crippen molar-refractivity contribution in [3.8, 4) is 0 Å². The minimum absolute atomic E-state index is 0.0116. The van der Waals surface area contributed by atoms with Crippen molar-refractivity contribution in [3.05, 3.63) is 0 Å². The summed E-state index contributed by atoms with van der Waals surface area (Å²) in [4.78, 5) is 13.6. The molecule has 0 saturated carbocycles. The van der Waals surface area contributed by atoms with E-state index in [1.54, 1.807) is 0 Å². The highest BCUT2D eigenvalue weighted by Crippen LogP contribution is 2.18. The molecule has 2 fully saturated rings. The molecule has 2 aliphatic rings. The Morgan fingerprint density at radius 2 is 2.12 bits per heavy atom. The van der Waals surface area contributed by atoms with Gasteiger partial charge in [0.15, 0.2) is 0 Å². The van der Waals surface area contributed by atoms with Crippen molar-refractivity contribution in [2.45, 2.75) is 18.9 Å². The van der Waals surface area contributed by atoms with Gasteiger partial charge in [-0.2, -0.15) is 0 Å². The van der Waals surface area contributed by atoms with Gasteiger partial charge in [-0.3, -0.25) is 4.79 Å². The number of ether oxygens (including phenoxy) is 2. The summed E-state index contributed by atoms with van der Waals surface area (Å²) in [5.74, 6) is 0.672. The quantitative estimate of drug-likeness (QED) is 0.714. The van der Waals surface area contributed by atoms with Gasteiger partial charge in [-0.05, 0) is 18.8 Å². The van der Waals surface area contributed by atoms with E-state index in [9.17, 15) is 4.79 Å². The maximum absolute atomic E-state index is 11.7. The Hall–Kier alpha value is -0.650. The van der Waals surface area contributed by atoms with E-state index in [1.807, 2.05) is 4.90 Å². The maximum atomic E-state index is 11.7. The molecule has 1 unspecified atom stereocenters. The molecule has 2 rings (SSSR count). The van der Waals surface area contributed by atoms with Crippen LogP contribution in [0.1, 0.15) is 12.8 Å². The van der Waals surface area contributed by atoms with E-state index in [2.05, 4.69) is 0 Å². The Labute approximate surface area is 95.9 Å².